The van der Waals surface area contributed by atoms with E-state index < -0.39 is 21.8 Å². The first kappa shape index (κ1) is 16.6. The number of halogens is 4. The second-order valence-electron chi connectivity index (χ2n) is 4.95. The fourth-order valence-corrected chi connectivity index (χ4v) is 4.55. The van der Waals surface area contributed by atoms with Gasteiger partial charge in [0.05, 0.1) is 10.5 Å². The number of benzene rings is 1. The van der Waals surface area contributed by atoms with E-state index in [1.807, 2.05) is 0 Å². The van der Waals surface area contributed by atoms with Crippen LogP contribution in [0.3, 0.4) is 0 Å². The smallest absolute Gasteiger partial charge is 0.207 e. The molecule has 1 saturated heterocycles. The summed E-state index contributed by atoms with van der Waals surface area (Å²) in [4.78, 5) is -0.339. The van der Waals surface area contributed by atoms with Crippen molar-refractivity contribution in [1.82, 2.24) is 4.31 Å². The molecule has 0 N–H and O–H groups in total. The Labute approximate surface area is 126 Å². The minimum Gasteiger partial charge on any atom is -0.207 e. The van der Waals surface area contributed by atoms with Gasteiger partial charge in [0, 0.05) is 18.5 Å². The monoisotopic (exact) mass is 341 g/mol. The lowest BCUT2D eigenvalue weighted by Crippen LogP contribution is -2.44. The maximum absolute atomic E-state index is 12.7. The maximum Gasteiger partial charge on any atom is 0.416 e. The van der Waals surface area contributed by atoms with Gasteiger partial charge in [-0.3, -0.25) is 0 Å². The molecule has 0 saturated carbocycles. The molecule has 1 aromatic carbocycles. The van der Waals surface area contributed by atoms with Crippen molar-refractivity contribution in [2.24, 2.45) is 0 Å². The predicted molar refractivity (Wildman–Crippen MR) is 73.7 cm³/mol. The zero-order valence-corrected chi connectivity index (χ0v) is 12.7. The standard InChI is InChI=1S/C13H15ClF3NO2S/c14-9-11-5-1-2-7-18(11)21(19,20)12-6-3-4-10(8-12)13(15,16)17/h3-4,6,8,11H,1-2,5,7,9H2. The highest BCUT2D eigenvalue weighted by atomic mass is 35.5. The van der Waals surface area contributed by atoms with E-state index in [2.05, 4.69) is 0 Å². The normalized spacial score (nSPS) is 21.4. The zero-order chi connectivity index (χ0) is 15.7. The molecule has 1 aliphatic heterocycles. The minimum absolute atomic E-state index is 0.137. The minimum atomic E-state index is -4.57. The lowest BCUT2D eigenvalue weighted by Gasteiger charge is -2.33. The van der Waals surface area contributed by atoms with E-state index in [0.717, 1.165) is 18.6 Å². The lowest BCUT2D eigenvalue weighted by molar-refractivity contribution is -0.137. The second kappa shape index (κ2) is 6.14. The van der Waals surface area contributed by atoms with Crippen molar-refractivity contribution in [1.29, 1.82) is 0 Å². The Balaban J connectivity index is 2.39. The summed E-state index contributed by atoms with van der Waals surface area (Å²) >= 11 is 5.79. The third-order valence-electron chi connectivity index (χ3n) is 3.52. The Bertz CT molecular complexity index is 604. The number of hydrogen-bond acceptors (Lipinski definition) is 2. The van der Waals surface area contributed by atoms with Crippen LogP contribution in [0.4, 0.5) is 13.2 Å². The van der Waals surface area contributed by atoms with Crippen LogP contribution in [-0.4, -0.2) is 31.2 Å². The number of hydrogen-bond donors (Lipinski definition) is 0. The number of alkyl halides is 4. The first-order valence-electron chi connectivity index (χ1n) is 6.52. The highest BCUT2D eigenvalue weighted by Crippen LogP contribution is 2.32. The van der Waals surface area contributed by atoms with Crippen LogP contribution in [-0.2, 0) is 16.2 Å². The molecule has 0 spiro atoms. The molecule has 1 unspecified atom stereocenters. The Morgan fingerprint density at radius 1 is 1.29 bits per heavy atom. The number of piperidine rings is 1. The van der Waals surface area contributed by atoms with Gasteiger partial charge in [-0.1, -0.05) is 12.5 Å². The van der Waals surface area contributed by atoms with Crippen LogP contribution in [0.1, 0.15) is 24.8 Å². The van der Waals surface area contributed by atoms with E-state index in [4.69, 9.17) is 11.6 Å². The average molecular weight is 342 g/mol. The molecule has 1 aliphatic rings. The van der Waals surface area contributed by atoms with E-state index in [1.54, 1.807) is 0 Å². The quantitative estimate of drug-likeness (QED) is 0.789. The van der Waals surface area contributed by atoms with Crippen LogP contribution < -0.4 is 0 Å². The molecule has 0 amide bonds. The Kier molecular flexibility index (Phi) is 4.85. The van der Waals surface area contributed by atoms with Crippen molar-refractivity contribution in [2.75, 3.05) is 12.4 Å². The third-order valence-corrected chi connectivity index (χ3v) is 5.82. The largest absolute Gasteiger partial charge is 0.416 e. The molecule has 1 atom stereocenters. The van der Waals surface area contributed by atoms with Gasteiger partial charge in [-0.05, 0) is 31.0 Å². The third kappa shape index (κ3) is 3.52. The summed E-state index contributed by atoms with van der Waals surface area (Å²) in [5, 5.41) is 0. The van der Waals surface area contributed by atoms with Gasteiger partial charge in [-0.25, -0.2) is 8.42 Å². The van der Waals surface area contributed by atoms with E-state index in [-0.39, 0.29) is 23.4 Å². The summed E-state index contributed by atoms with van der Waals surface area (Å²) < 4.78 is 64.4. The Morgan fingerprint density at radius 3 is 2.62 bits per heavy atom. The molecule has 0 radical (unpaired) electrons. The van der Waals surface area contributed by atoms with Gasteiger partial charge in [0.25, 0.3) is 0 Å². The zero-order valence-electron chi connectivity index (χ0n) is 11.1. The van der Waals surface area contributed by atoms with Crippen LogP contribution in [0.25, 0.3) is 0 Å². The molecule has 0 aliphatic carbocycles. The van der Waals surface area contributed by atoms with Gasteiger partial charge < -0.3 is 0 Å². The molecular formula is C13H15ClF3NO2S. The van der Waals surface area contributed by atoms with Crippen molar-refractivity contribution in [3.63, 3.8) is 0 Å². The molecule has 8 heteroatoms. The molecule has 3 nitrogen and oxygen atoms in total. The lowest BCUT2D eigenvalue weighted by atomic mass is 10.1. The van der Waals surface area contributed by atoms with Gasteiger partial charge in [0.15, 0.2) is 0 Å². The van der Waals surface area contributed by atoms with E-state index >= 15 is 0 Å². The van der Waals surface area contributed by atoms with Crippen LogP contribution in [0, 0.1) is 0 Å². The maximum atomic E-state index is 12.7. The fourth-order valence-electron chi connectivity index (χ4n) is 2.41. The topological polar surface area (TPSA) is 37.4 Å². The summed E-state index contributed by atoms with van der Waals surface area (Å²) in [6.07, 6.45) is -2.39. The van der Waals surface area contributed by atoms with E-state index in [0.29, 0.717) is 18.9 Å². The predicted octanol–water partition coefficient (Wildman–Crippen LogP) is 3.49. The number of rotatable bonds is 3. The number of nitrogens with zero attached hydrogens (tertiary/aromatic N) is 1. The van der Waals surface area contributed by atoms with Crippen molar-refractivity contribution < 1.29 is 21.6 Å². The van der Waals surface area contributed by atoms with Gasteiger partial charge in [-0.15, -0.1) is 11.6 Å². The van der Waals surface area contributed by atoms with Crippen molar-refractivity contribution in [3.05, 3.63) is 29.8 Å². The number of sulfonamides is 1. The molecule has 1 aromatic rings. The van der Waals surface area contributed by atoms with Crippen molar-refractivity contribution in [3.8, 4) is 0 Å². The molecule has 1 heterocycles. The summed E-state index contributed by atoms with van der Waals surface area (Å²) in [6.45, 7) is 0.288. The molecule has 0 bridgehead atoms. The first-order chi connectivity index (χ1) is 9.76. The molecule has 2 rings (SSSR count). The fraction of sp³-hybridized carbons (Fsp3) is 0.538. The molecule has 118 valence electrons. The summed E-state index contributed by atoms with van der Waals surface area (Å²) in [6, 6.07) is 3.46. The second-order valence-corrected chi connectivity index (χ2v) is 7.14. The van der Waals surface area contributed by atoms with Gasteiger partial charge in [-0.2, -0.15) is 17.5 Å². The molecule has 0 aromatic heterocycles. The Morgan fingerprint density at radius 2 is 2.00 bits per heavy atom. The summed E-state index contributed by atoms with van der Waals surface area (Å²) in [5.41, 5.74) is -0.969. The molecule has 21 heavy (non-hydrogen) atoms. The highest BCUT2D eigenvalue weighted by Gasteiger charge is 2.35. The van der Waals surface area contributed by atoms with Gasteiger partial charge >= 0.3 is 6.18 Å². The van der Waals surface area contributed by atoms with Crippen molar-refractivity contribution >= 4 is 21.6 Å². The van der Waals surface area contributed by atoms with E-state index in [1.165, 1.54) is 10.4 Å². The molecular weight excluding hydrogens is 327 g/mol. The summed E-state index contributed by atoms with van der Waals surface area (Å²) in [7, 11) is -3.96. The highest BCUT2D eigenvalue weighted by molar-refractivity contribution is 7.89. The van der Waals surface area contributed by atoms with Crippen LogP contribution in [0.15, 0.2) is 29.2 Å². The Hall–Kier alpha value is -0.790. The van der Waals surface area contributed by atoms with E-state index in [9.17, 15) is 21.6 Å². The van der Waals surface area contributed by atoms with Gasteiger partial charge in [0.2, 0.25) is 10.0 Å². The van der Waals surface area contributed by atoms with Crippen LogP contribution >= 0.6 is 11.6 Å². The average Bonchev–Trinajstić information content (AvgIpc) is 2.46. The van der Waals surface area contributed by atoms with Gasteiger partial charge in [0.1, 0.15) is 0 Å². The van der Waals surface area contributed by atoms with Crippen molar-refractivity contribution in [2.45, 2.75) is 36.4 Å². The molecule has 1 fully saturated rings. The summed E-state index contributed by atoms with van der Waals surface area (Å²) in [5.74, 6) is 0.137. The van der Waals surface area contributed by atoms with Crippen LogP contribution in [0.5, 0.6) is 0 Å². The van der Waals surface area contributed by atoms with Crippen LogP contribution in [0.2, 0.25) is 0 Å². The first-order valence-corrected chi connectivity index (χ1v) is 8.49. The SMILES string of the molecule is O=S(=O)(c1cccc(C(F)(F)F)c1)N1CCCCC1CCl.